The predicted molar refractivity (Wildman–Crippen MR) is 112 cm³/mol. The number of carbonyl (C=O) groups is 1. The molecular weight excluding hydrogens is 461 g/mol. The number of methoxy groups -OCH3 is 1. The standard InChI is InChI=1S/C19H17BrFN5O2S/c1-10-23-24-19-26(10)25-16(11-3-8-15(28-2)14(20)9-11)17(29-19)18(27)22-13-6-4-12(21)5-7-13/h3-9,16-17,25H,1-2H3,(H,22,27)/t16-,17-/m0/s1. The van der Waals surface area contributed by atoms with Gasteiger partial charge in [-0.2, -0.15) is 0 Å². The largest absolute Gasteiger partial charge is 0.496 e. The Morgan fingerprint density at radius 3 is 2.72 bits per heavy atom. The lowest BCUT2D eigenvalue weighted by Gasteiger charge is -2.33. The SMILES string of the molecule is COc1ccc([C@@H]2Nn3c(C)nnc3S[C@@H]2C(=O)Nc2ccc(F)cc2)cc1Br. The van der Waals surface area contributed by atoms with Gasteiger partial charge in [0.15, 0.2) is 0 Å². The summed E-state index contributed by atoms with van der Waals surface area (Å²) in [5.41, 5.74) is 4.76. The molecule has 1 aliphatic rings. The zero-order valence-corrected chi connectivity index (χ0v) is 17.9. The summed E-state index contributed by atoms with van der Waals surface area (Å²) in [4.78, 5) is 13.1. The Hall–Kier alpha value is -2.59. The molecule has 150 valence electrons. The van der Waals surface area contributed by atoms with Crippen LogP contribution in [0.1, 0.15) is 17.4 Å². The van der Waals surface area contributed by atoms with E-state index in [1.165, 1.54) is 36.0 Å². The molecular formula is C19H17BrFN5O2S. The normalized spacial score (nSPS) is 17.9. The van der Waals surface area contributed by atoms with Gasteiger partial charge < -0.3 is 15.5 Å². The zero-order valence-electron chi connectivity index (χ0n) is 15.5. The van der Waals surface area contributed by atoms with Crippen molar-refractivity contribution >= 4 is 39.3 Å². The molecule has 4 rings (SSSR count). The lowest BCUT2D eigenvalue weighted by atomic mass is 10.0. The van der Waals surface area contributed by atoms with Crippen LogP contribution >= 0.6 is 27.7 Å². The number of thioether (sulfide) groups is 1. The van der Waals surface area contributed by atoms with Gasteiger partial charge >= 0.3 is 0 Å². The molecule has 2 N–H and O–H groups in total. The second-order valence-corrected chi connectivity index (χ2v) is 8.36. The van der Waals surface area contributed by atoms with E-state index in [1.54, 1.807) is 11.8 Å². The number of hydrogen-bond acceptors (Lipinski definition) is 6. The Morgan fingerprint density at radius 2 is 2.03 bits per heavy atom. The van der Waals surface area contributed by atoms with Crippen molar-refractivity contribution in [2.45, 2.75) is 23.4 Å². The summed E-state index contributed by atoms with van der Waals surface area (Å²) in [6.45, 7) is 1.84. The van der Waals surface area contributed by atoms with Crippen molar-refractivity contribution in [2.75, 3.05) is 17.9 Å². The van der Waals surface area contributed by atoms with E-state index >= 15 is 0 Å². The van der Waals surface area contributed by atoms with Gasteiger partial charge in [-0.05, 0) is 64.8 Å². The number of hydrogen-bond donors (Lipinski definition) is 2. The maximum absolute atomic E-state index is 13.2. The minimum atomic E-state index is -0.531. The van der Waals surface area contributed by atoms with Crippen LogP contribution in [-0.2, 0) is 4.79 Å². The number of fused-ring (bicyclic) bond motifs is 1. The summed E-state index contributed by atoms with van der Waals surface area (Å²) in [5.74, 6) is 0.812. The number of aromatic nitrogens is 3. The molecule has 1 aromatic heterocycles. The van der Waals surface area contributed by atoms with E-state index < -0.39 is 5.25 Å². The number of benzene rings is 2. The number of ether oxygens (including phenoxy) is 1. The maximum Gasteiger partial charge on any atom is 0.240 e. The molecule has 0 aliphatic carbocycles. The first-order valence-electron chi connectivity index (χ1n) is 8.71. The van der Waals surface area contributed by atoms with Gasteiger partial charge in [0.25, 0.3) is 0 Å². The molecule has 0 fully saturated rings. The molecule has 0 bridgehead atoms. The van der Waals surface area contributed by atoms with Gasteiger partial charge in [0.1, 0.15) is 22.6 Å². The second-order valence-electron chi connectivity index (χ2n) is 6.40. The van der Waals surface area contributed by atoms with Crippen molar-refractivity contribution in [3.05, 3.63) is 64.1 Å². The molecule has 3 aromatic rings. The van der Waals surface area contributed by atoms with Gasteiger partial charge in [-0.3, -0.25) is 4.79 Å². The summed E-state index contributed by atoms with van der Waals surface area (Å²) in [6, 6.07) is 11.0. The van der Waals surface area contributed by atoms with E-state index in [4.69, 9.17) is 4.74 Å². The highest BCUT2D eigenvalue weighted by atomic mass is 79.9. The molecule has 0 spiro atoms. The third kappa shape index (κ3) is 3.95. The van der Waals surface area contributed by atoms with Crippen LogP contribution in [0.3, 0.4) is 0 Å². The summed E-state index contributed by atoms with van der Waals surface area (Å²) < 4.78 is 21.0. The Balaban J connectivity index is 1.67. The van der Waals surface area contributed by atoms with Crippen LogP contribution in [0.15, 0.2) is 52.1 Å². The number of amides is 1. The number of carbonyl (C=O) groups excluding carboxylic acids is 1. The molecule has 29 heavy (non-hydrogen) atoms. The summed E-state index contributed by atoms with van der Waals surface area (Å²) in [6.07, 6.45) is 0. The molecule has 2 heterocycles. The van der Waals surface area contributed by atoms with Crippen molar-refractivity contribution in [1.82, 2.24) is 14.9 Å². The van der Waals surface area contributed by atoms with Gasteiger partial charge in [-0.25, -0.2) is 9.07 Å². The van der Waals surface area contributed by atoms with Gasteiger partial charge in [0, 0.05) is 5.69 Å². The van der Waals surface area contributed by atoms with Gasteiger partial charge in [-0.15, -0.1) is 10.2 Å². The number of nitrogens with zero attached hydrogens (tertiary/aromatic N) is 3. The maximum atomic E-state index is 13.2. The quantitative estimate of drug-likeness (QED) is 0.593. The van der Waals surface area contributed by atoms with E-state index in [9.17, 15) is 9.18 Å². The fourth-order valence-corrected chi connectivity index (χ4v) is 4.72. The molecule has 0 saturated carbocycles. The van der Waals surface area contributed by atoms with Crippen LogP contribution in [0, 0.1) is 12.7 Å². The first-order chi connectivity index (χ1) is 14.0. The molecule has 0 radical (unpaired) electrons. The molecule has 7 nitrogen and oxygen atoms in total. The van der Waals surface area contributed by atoms with Crippen molar-refractivity contribution in [2.24, 2.45) is 0 Å². The smallest absolute Gasteiger partial charge is 0.240 e. The number of aryl methyl sites for hydroxylation is 1. The van der Waals surface area contributed by atoms with Gasteiger partial charge in [0.2, 0.25) is 11.1 Å². The highest BCUT2D eigenvalue weighted by molar-refractivity contribution is 9.10. The molecule has 10 heteroatoms. The number of nitrogens with one attached hydrogen (secondary N) is 2. The van der Waals surface area contributed by atoms with E-state index in [0.29, 0.717) is 22.4 Å². The van der Waals surface area contributed by atoms with E-state index in [1.807, 2.05) is 25.1 Å². The Kier molecular flexibility index (Phi) is 5.46. The second kappa shape index (κ2) is 8.03. The van der Waals surface area contributed by atoms with E-state index in [2.05, 4.69) is 36.9 Å². The highest BCUT2D eigenvalue weighted by Gasteiger charge is 2.37. The average molecular weight is 478 g/mol. The topological polar surface area (TPSA) is 81.1 Å². The monoisotopic (exact) mass is 477 g/mol. The van der Waals surface area contributed by atoms with Crippen LogP contribution in [0.5, 0.6) is 5.75 Å². The first-order valence-corrected chi connectivity index (χ1v) is 10.4. The van der Waals surface area contributed by atoms with Crippen molar-refractivity contribution in [3.8, 4) is 5.75 Å². The van der Waals surface area contributed by atoms with Crippen molar-refractivity contribution in [1.29, 1.82) is 0 Å². The minimum absolute atomic E-state index is 0.224. The first kappa shape index (κ1) is 19.7. The molecule has 2 aromatic carbocycles. The van der Waals surface area contributed by atoms with Crippen molar-refractivity contribution < 1.29 is 13.9 Å². The van der Waals surface area contributed by atoms with Crippen LogP contribution in [0.2, 0.25) is 0 Å². The summed E-state index contributed by atoms with van der Waals surface area (Å²) in [7, 11) is 1.60. The zero-order chi connectivity index (χ0) is 20.5. The molecule has 1 amide bonds. The molecule has 0 saturated heterocycles. The van der Waals surface area contributed by atoms with Crippen molar-refractivity contribution in [3.63, 3.8) is 0 Å². The fraction of sp³-hybridized carbons (Fsp3) is 0.211. The van der Waals surface area contributed by atoms with Gasteiger partial charge in [-0.1, -0.05) is 17.8 Å². The lowest BCUT2D eigenvalue weighted by Crippen LogP contribution is -2.41. The van der Waals surface area contributed by atoms with Crippen LogP contribution < -0.4 is 15.5 Å². The molecule has 1 aliphatic heterocycles. The minimum Gasteiger partial charge on any atom is -0.496 e. The molecule has 2 atom stereocenters. The van der Waals surface area contributed by atoms with Crippen LogP contribution in [0.4, 0.5) is 10.1 Å². The number of anilines is 1. The third-order valence-corrected chi connectivity index (χ3v) is 6.34. The van der Waals surface area contributed by atoms with Crippen LogP contribution in [0.25, 0.3) is 0 Å². The number of halogens is 2. The molecule has 0 unspecified atom stereocenters. The summed E-state index contributed by atoms with van der Waals surface area (Å²) in [5, 5.41) is 11.1. The predicted octanol–water partition coefficient (Wildman–Crippen LogP) is 3.89. The van der Waals surface area contributed by atoms with E-state index in [-0.39, 0.29) is 17.8 Å². The Bertz CT molecular complexity index is 1060. The van der Waals surface area contributed by atoms with Gasteiger partial charge in [0.05, 0.1) is 17.6 Å². The lowest BCUT2D eigenvalue weighted by molar-refractivity contribution is -0.116. The number of rotatable bonds is 4. The summed E-state index contributed by atoms with van der Waals surface area (Å²) >= 11 is 4.82. The average Bonchev–Trinajstić information content (AvgIpc) is 3.08. The van der Waals surface area contributed by atoms with E-state index in [0.717, 1.165) is 10.0 Å². The fourth-order valence-electron chi connectivity index (χ4n) is 3.03. The Labute approximate surface area is 179 Å². The highest BCUT2D eigenvalue weighted by Crippen LogP contribution is 2.39. The Morgan fingerprint density at radius 1 is 1.28 bits per heavy atom. The van der Waals surface area contributed by atoms with Crippen LogP contribution in [-0.4, -0.2) is 33.1 Å². The third-order valence-electron chi connectivity index (χ3n) is 4.50.